The van der Waals surface area contributed by atoms with E-state index in [4.69, 9.17) is 4.74 Å². The van der Waals surface area contributed by atoms with Crippen LogP contribution in [-0.4, -0.2) is 36.1 Å². The van der Waals surface area contributed by atoms with Gasteiger partial charge in [-0.25, -0.2) is 0 Å². The van der Waals surface area contributed by atoms with Gasteiger partial charge in [0.05, 0.1) is 29.1 Å². The second-order valence-electron chi connectivity index (χ2n) is 6.70. The summed E-state index contributed by atoms with van der Waals surface area (Å²) in [5.41, 5.74) is 1.45. The Morgan fingerprint density at radius 2 is 2.00 bits per heavy atom. The topological polar surface area (TPSA) is 80.3 Å². The molecule has 2 fully saturated rings. The molecular formula is C19H21N3O3. The van der Waals surface area contributed by atoms with E-state index in [1.807, 2.05) is 30.3 Å². The highest BCUT2D eigenvalue weighted by Crippen LogP contribution is 2.40. The first-order valence-corrected chi connectivity index (χ1v) is 8.76. The molecule has 1 aromatic carbocycles. The van der Waals surface area contributed by atoms with E-state index in [1.54, 1.807) is 6.20 Å². The fourth-order valence-electron chi connectivity index (χ4n) is 3.36. The van der Waals surface area contributed by atoms with Crippen LogP contribution in [0.15, 0.2) is 36.5 Å². The number of fused-ring (bicyclic) bond motifs is 1. The quantitative estimate of drug-likeness (QED) is 0.874. The minimum atomic E-state index is -0.261. The Kier molecular flexibility index (Phi) is 4.36. The van der Waals surface area contributed by atoms with Crippen molar-refractivity contribution >= 4 is 28.4 Å². The maximum absolute atomic E-state index is 12.5. The van der Waals surface area contributed by atoms with Gasteiger partial charge in [-0.15, -0.1) is 0 Å². The number of hydrogen-bond acceptors (Lipinski definition) is 4. The zero-order chi connectivity index (χ0) is 17.2. The molecular weight excluding hydrogens is 318 g/mol. The largest absolute Gasteiger partial charge is 0.376 e. The van der Waals surface area contributed by atoms with E-state index in [0.717, 1.165) is 30.4 Å². The molecule has 4 rings (SSSR count). The number of carbonyl (C=O) groups is 2. The highest BCUT2D eigenvalue weighted by molar-refractivity contribution is 6.04. The van der Waals surface area contributed by atoms with E-state index < -0.39 is 0 Å². The van der Waals surface area contributed by atoms with Crippen LogP contribution >= 0.6 is 0 Å². The maximum atomic E-state index is 12.5. The van der Waals surface area contributed by atoms with Crippen LogP contribution in [-0.2, 0) is 14.3 Å². The van der Waals surface area contributed by atoms with Gasteiger partial charge in [-0.2, -0.15) is 0 Å². The summed E-state index contributed by atoms with van der Waals surface area (Å²) in [7, 11) is 0. The molecule has 1 aromatic heterocycles. The summed E-state index contributed by atoms with van der Waals surface area (Å²) in [6.07, 6.45) is 4.46. The minimum absolute atomic E-state index is 0.0494. The van der Waals surface area contributed by atoms with Crippen molar-refractivity contribution in [1.29, 1.82) is 0 Å². The molecule has 0 radical (unpaired) electrons. The van der Waals surface area contributed by atoms with Crippen LogP contribution in [0.25, 0.3) is 10.9 Å². The van der Waals surface area contributed by atoms with Gasteiger partial charge in [-0.05, 0) is 31.4 Å². The van der Waals surface area contributed by atoms with Crippen LogP contribution in [0.1, 0.15) is 19.3 Å². The average molecular weight is 339 g/mol. The third kappa shape index (κ3) is 3.49. The number of ether oxygens (including phenoxy) is 1. The monoisotopic (exact) mass is 339 g/mol. The Morgan fingerprint density at radius 1 is 1.16 bits per heavy atom. The molecule has 1 aliphatic carbocycles. The Bertz CT molecular complexity index is 796. The maximum Gasteiger partial charge on any atom is 0.228 e. The van der Waals surface area contributed by atoms with Crippen LogP contribution < -0.4 is 10.6 Å². The van der Waals surface area contributed by atoms with Crippen molar-refractivity contribution in [3.05, 3.63) is 36.5 Å². The van der Waals surface area contributed by atoms with Gasteiger partial charge in [0, 0.05) is 24.7 Å². The summed E-state index contributed by atoms with van der Waals surface area (Å²) < 4.78 is 5.50. The van der Waals surface area contributed by atoms with Crippen molar-refractivity contribution in [1.82, 2.24) is 10.3 Å². The number of rotatable bonds is 5. The number of para-hydroxylation sites is 1. The first-order chi connectivity index (χ1) is 12.2. The van der Waals surface area contributed by atoms with Gasteiger partial charge in [0.15, 0.2) is 0 Å². The van der Waals surface area contributed by atoms with Crippen molar-refractivity contribution in [3.63, 3.8) is 0 Å². The summed E-state index contributed by atoms with van der Waals surface area (Å²) in [5, 5.41) is 6.81. The molecule has 0 bridgehead atoms. The molecule has 6 nitrogen and oxygen atoms in total. The molecule has 25 heavy (non-hydrogen) atoms. The molecule has 2 aliphatic rings. The van der Waals surface area contributed by atoms with Crippen LogP contribution in [0.2, 0.25) is 0 Å². The number of pyridine rings is 1. The molecule has 2 amide bonds. The van der Waals surface area contributed by atoms with Gasteiger partial charge in [0.25, 0.3) is 0 Å². The van der Waals surface area contributed by atoms with Gasteiger partial charge in [-0.3, -0.25) is 14.6 Å². The first kappa shape index (κ1) is 16.0. The molecule has 0 spiro atoms. The van der Waals surface area contributed by atoms with Gasteiger partial charge in [0.1, 0.15) is 0 Å². The van der Waals surface area contributed by atoms with Gasteiger partial charge in [0.2, 0.25) is 11.8 Å². The number of anilines is 1. The number of aromatic nitrogens is 1. The molecule has 3 unspecified atom stereocenters. The minimum Gasteiger partial charge on any atom is -0.376 e. The van der Waals surface area contributed by atoms with E-state index in [2.05, 4.69) is 15.6 Å². The van der Waals surface area contributed by atoms with E-state index in [0.29, 0.717) is 18.7 Å². The summed E-state index contributed by atoms with van der Waals surface area (Å²) in [6, 6.07) is 9.50. The lowest BCUT2D eigenvalue weighted by molar-refractivity contribution is -0.125. The zero-order valence-corrected chi connectivity index (χ0v) is 13.9. The summed E-state index contributed by atoms with van der Waals surface area (Å²) in [5.74, 6) is -0.657. The number of hydrogen-bond donors (Lipinski definition) is 2. The first-order valence-electron chi connectivity index (χ1n) is 8.76. The number of amides is 2. The number of benzene rings is 1. The molecule has 1 saturated carbocycles. The predicted octanol–water partition coefficient (Wildman–Crippen LogP) is 2.10. The fourth-order valence-corrected chi connectivity index (χ4v) is 3.36. The second kappa shape index (κ2) is 6.80. The van der Waals surface area contributed by atoms with Crippen LogP contribution in [0.4, 0.5) is 5.69 Å². The van der Waals surface area contributed by atoms with Crippen molar-refractivity contribution in [3.8, 4) is 0 Å². The predicted molar refractivity (Wildman–Crippen MR) is 94.0 cm³/mol. The van der Waals surface area contributed by atoms with Crippen molar-refractivity contribution in [2.75, 3.05) is 18.5 Å². The molecule has 2 N–H and O–H groups in total. The lowest BCUT2D eigenvalue weighted by Crippen LogP contribution is -2.33. The van der Waals surface area contributed by atoms with E-state index in [9.17, 15) is 9.59 Å². The van der Waals surface area contributed by atoms with E-state index >= 15 is 0 Å². The van der Waals surface area contributed by atoms with Crippen molar-refractivity contribution in [2.45, 2.75) is 25.4 Å². The average Bonchev–Trinajstić information content (AvgIpc) is 3.28. The Balaban J connectivity index is 1.34. The van der Waals surface area contributed by atoms with Gasteiger partial charge >= 0.3 is 0 Å². The zero-order valence-electron chi connectivity index (χ0n) is 13.9. The summed E-state index contributed by atoms with van der Waals surface area (Å²) in [6.45, 7) is 1.31. The smallest absolute Gasteiger partial charge is 0.228 e. The normalized spacial score (nSPS) is 24.9. The lowest BCUT2D eigenvalue weighted by atomic mass is 10.2. The number of nitrogens with zero attached hydrogens (tertiary/aromatic N) is 1. The summed E-state index contributed by atoms with van der Waals surface area (Å²) in [4.78, 5) is 29.0. The van der Waals surface area contributed by atoms with E-state index in [1.165, 1.54) is 0 Å². The molecule has 2 aromatic rings. The van der Waals surface area contributed by atoms with Crippen molar-refractivity contribution in [2.24, 2.45) is 11.8 Å². The van der Waals surface area contributed by atoms with Crippen LogP contribution in [0, 0.1) is 11.8 Å². The Hall–Kier alpha value is -2.47. The second-order valence-corrected chi connectivity index (χ2v) is 6.70. The van der Waals surface area contributed by atoms with Gasteiger partial charge in [-0.1, -0.05) is 18.2 Å². The number of carbonyl (C=O) groups excluding carboxylic acids is 2. The molecule has 1 saturated heterocycles. The van der Waals surface area contributed by atoms with Crippen molar-refractivity contribution < 1.29 is 14.3 Å². The van der Waals surface area contributed by atoms with Gasteiger partial charge < -0.3 is 15.4 Å². The number of nitrogens with one attached hydrogen (secondary N) is 2. The SMILES string of the molecule is O=C(NCC1CCCO1)C1CC1C(=O)Nc1cccc2cccnc12. The third-order valence-electron chi connectivity index (χ3n) is 4.88. The molecule has 6 heteroatoms. The van der Waals surface area contributed by atoms with Crippen LogP contribution in [0.5, 0.6) is 0 Å². The standard InChI is InChI=1S/C19H21N3O3/c23-18(21-11-13-6-3-9-25-13)14-10-15(14)19(24)22-16-7-1-4-12-5-2-8-20-17(12)16/h1-2,4-5,7-8,13-15H,3,6,9-11H2,(H,21,23)(H,22,24). The molecule has 3 atom stereocenters. The molecule has 2 heterocycles. The third-order valence-corrected chi connectivity index (χ3v) is 4.88. The van der Waals surface area contributed by atoms with E-state index in [-0.39, 0.29) is 29.8 Å². The van der Waals surface area contributed by atoms with Crippen LogP contribution in [0.3, 0.4) is 0 Å². The fraction of sp³-hybridized carbons (Fsp3) is 0.421. The Morgan fingerprint density at radius 3 is 2.84 bits per heavy atom. The highest BCUT2D eigenvalue weighted by Gasteiger charge is 2.48. The molecule has 130 valence electrons. The Labute approximate surface area is 146 Å². The highest BCUT2D eigenvalue weighted by atomic mass is 16.5. The molecule has 1 aliphatic heterocycles. The lowest BCUT2D eigenvalue weighted by Gasteiger charge is -2.11. The summed E-state index contributed by atoms with van der Waals surface area (Å²) >= 11 is 0.